The van der Waals surface area contributed by atoms with Crippen LogP contribution in [0.15, 0.2) is 48.5 Å². The van der Waals surface area contributed by atoms with Crippen LogP contribution in [0.3, 0.4) is 0 Å². The average Bonchev–Trinajstić information content (AvgIpc) is 3.16. The molecule has 2 aromatic rings. The first-order valence-electron chi connectivity index (χ1n) is 9.36. The van der Waals surface area contributed by atoms with Gasteiger partial charge in [0.1, 0.15) is 0 Å². The van der Waals surface area contributed by atoms with Gasteiger partial charge in [0, 0.05) is 25.0 Å². The maximum Gasteiger partial charge on any atom is 0.0373 e. The lowest BCUT2D eigenvalue weighted by atomic mass is 10.2. The van der Waals surface area contributed by atoms with Gasteiger partial charge in [-0.15, -0.1) is 0 Å². The molecule has 0 aromatic heterocycles. The molecule has 0 saturated carbocycles. The van der Waals surface area contributed by atoms with Crippen molar-refractivity contribution >= 4 is 11.4 Å². The molecule has 1 aliphatic heterocycles. The van der Waals surface area contributed by atoms with E-state index in [-0.39, 0.29) is 0 Å². The molecule has 2 heteroatoms. The van der Waals surface area contributed by atoms with E-state index in [0.717, 1.165) is 6.54 Å². The summed E-state index contributed by atoms with van der Waals surface area (Å²) in [6, 6.07) is 16.7. The standard InChI is InChI=1S/C8H9N.C8H11N.3C2H6/c1-2-4-8-7(3-1)5-6-9-8;1-7-5-3-4-6-8(7)9-2;3*1-2/h1-4,9H,5-6H2;3-6,9H,1-2H3;3*1-2H3. The van der Waals surface area contributed by atoms with Crippen molar-refractivity contribution in [2.24, 2.45) is 0 Å². The summed E-state index contributed by atoms with van der Waals surface area (Å²) < 4.78 is 0. The first-order valence-corrected chi connectivity index (χ1v) is 9.36. The zero-order valence-electron chi connectivity index (χ0n) is 17.0. The van der Waals surface area contributed by atoms with Crippen LogP contribution in [-0.4, -0.2) is 13.6 Å². The van der Waals surface area contributed by atoms with Crippen molar-refractivity contribution in [2.45, 2.75) is 54.9 Å². The second-order valence-corrected chi connectivity index (χ2v) is 4.40. The topological polar surface area (TPSA) is 24.1 Å². The molecular weight excluding hydrogens is 292 g/mol. The number of rotatable bonds is 1. The van der Waals surface area contributed by atoms with Crippen LogP contribution in [0.25, 0.3) is 0 Å². The molecule has 0 radical (unpaired) electrons. The van der Waals surface area contributed by atoms with Crippen LogP contribution in [0.5, 0.6) is 0 Å². The van der Waals surface area contributed by atoms with Gasteiger partial charge < -0.3 is 10.6 Å². The minimum atomic E-state index is 1.11. The van der Waals surface area contributed by atoms with Crippen molar-refractivity contribution < 1.29 is 0 Å². The van der Waals surface area contributed by atoms with Gasteiger partial charge in [0.2, 0.25) is 0 Å². The Labute approximate surface area is 150 Å². The van der Waals surface area contributed by atoms with Crippen LogP contribution in [0.2, 0.25) is 0 Å². The third kappa shape index (κ3) is 9.24. The van der Waals surface area contributed by atoms with Crippen molar-refractivity contribution in [3.8, 4) is 0 Å². The van der Waals surface area contributed by atoms with Gasteiger partial charge in [-0.05, 0) is 36.6 Å². The molecule has 1 aliphatic rings. The fraction of sp³-hybridized carbons (Fsp3) is 0.455. The van der Waals surface area contributed by atoms with Crippen LogP contribution in [0.4, 0.5) is 11.4 Å². The fourth-order valence-electron chi connectivity index (χ4n) is 2.10. The van der Waals surface area contributed by atoms with Gasteiger partial charge in [-0.3, -0.25) is 0 Å². The SMILES string of the molecule is CC.CC.CC.CNc1ccccc1C.c1ccc2c(c1)CCN2. The lowest BCUT2D eigenvalue weighted by Crippen LogP contribution is -1.90. The van der Waals surface area contributed by atoms with E-state index in [1.807, 2.05) is 60.7 Å². The second kappa shape index (κ2) is 17.4. The van der Waals surface area contributed by atoms with Gasteiger partial charge in [-0.2, -0.15) is 0 Å². The smallest absolute Gasteiger partial charge is 0.0373 e. The van der Waals surface area contributed by atoms with Crippen molar-refractivity contribution in [2.75, 3.05) is 24.2 Å². The van der Waals surface area contributed by atoms with Crippen molar-refractivity contribution in [3.05, 3.63) is 59.7 Å². The van der Waals surface area contributed by atoms with E-state index in [2.05, 4.69) is 54.0 Å². The number of anilines is 2. The van der Waals surface area contributed by atoms with Gasteiger partial charge in [0.05, 0.1) is 0 Å². The van der Waals surface area contributed by atoms with Crippen molar-refractivity contribution in [1.29, 1.82) is 0 Å². The summed E-state index contributed by atoms with van der Waals surface area (Å²) in [6.07, 6.45) is 1.19. The van der Waals surface area contributed by atoms with Crippen LogP contribution < -0.4 is 10.6 Å². The lowest BCUT2D eigenvalue weighted by Gasteiger charge is -2.01. The molecule has 0 bridgehead atoms. The van der Waals surface area contributed by atoms with Gasteiger partial charge in [-0.25, -0.2) is 0 Å². The summed E-state index contributed by atoms with van der Waals surface area (Å²) in [7, 11) is 1.93. The monoisotopic (exact) mass is 330 g/mol. The highest BCUT2D eigenvalue weighted by Crippen LogP contribution is 2.19. The molecule has 0 spiro atoms. The molecule has 24 heavy (non-hydrogen) atoms. The molecule has 2 N–H and O–H groups in total. The zero-order valence-corrected chi connectivity index (χ0v) is 17.0. The molecule has 2 aromatic carbocycles. The maximum absolute atomic E-state index is 3.30. The summed E-state index contributed by atoms with van der Waals surface area (Å²) in [5, 5.41) is 6.40. The molecule has 1 heterocycles. The molecule has 0 atom stereocenters. The summed E-state index contributed by atoms with van der Waals surface area (Å²) in [5.41, 5.74) is 5.27. The molecular formula is C22H38N2. The largest absolute Gasteiger partial charge is 0.388 e. The number of para-hydroxylation sites is 2. The van der Waals surface area contributed by atoms with Crippen LogP contribution >= 0.6 is 0 Å². The van der Waals surface area contributed by atoms with Crippen molar-refractivity contribution in [1.82, 2.24) is 0 Å². The van der Waals surface area contributed by atoms with E-state index < -0.39 is 0 Å². The van der Waals surface area contributed by atoms with E-state index in [9.17, 15) is 0 Å². The maximum atomic E-state index is 3.30. The lowest BCUT2D eigenvalue weighted by molar-refractivity contribution is 1.11. The Hall–Kier alpha value is -1.96. The van der Waals surface area contributed by atoms with Crippen LogP contribution in [0.1, 0.15) is 52.7 Å². The number of aryl methyl sites for hydroxylation is 1. The minimum absolute atomic E-state index is 1.11. The highest BCUT2D eigenvalue weighted by atomic mass is 14.9. The van der Waals surface area contributed by atoms with E-state index in [4.69, 9.17) is 0 Å². The Morgan fingerprint density at radius 2 is 1.33 bits per heavy atom. The van der Waals surface area contributed by atoms with Gasteiger partial charge in [0.15, 0.2) is 0 Å². The quantitative estimate of drug-likeness (QED) is 0.603. The Bertz CT molecular complexity index is 476. The summed E-state index contributed by atoms with van der Waals surface area (Å²) in [4.78, 5) is 0. The van der Waals surface area contributed by atoms with E-state index in [1.165, 1.54) is 28.9 Å². The van der Waals surface area contributed by atoms with E-state index >= 15 is 0 Å². The second-order valence-electron chi connectivity index (χ2n) is 4.40. The molecule has 3 rings (SSSR count). The average molecular weight is 331 g/mol. The van der Waals surface area contributed by atoms with Gasteiger partial charge in [-0.1, -0.05) is 77.9 Å². The number of fused-ring (bicyclic) bond motifs is 1. The normalized spacial score (nSPS) is 9.67. The molecule has 0 saturated heterocycles. The predicted octanol–water partition coefficient (Wildman–Crippen LogP) is 6.77. The van der Waals surface area contributed by atoms with Gasteiger partial charge in [0.25, 0.3) is 0 Å². The minimum Gasteiger partial charge on any atom is -0.388 e. The highest BCUT2D eigenvalue weighted by molar-refractivity contribution is 5.54. The third-order valence-corrected chi connectivity index (χ3v) is 3.14. The Kier molecular flexibility index (Phi) is 17.6. The first-order chi connectivity index (χ1) is 11.8. The molecule has 0 fully saturated rings. The van der Waals surface area contributed by atoms with Crippen LogP contribution in [0, 0.1) is 6.92 Å². The summed E-state index contributed by atoms with van der Waals surface area (Å²) in [6.45, 7) is 15.2. The molecule has 0 amide bonds. The number of benzene rings is 2. The van der Waals surface area contributed by atoms with E-state index in [0.29, 0.717) is 0 Å². The third-order valence-electron chi connectivity index (χ3n) is 3.14. The Balaban J connectivity index is 0. The fourth-order valence-corrected chi connectivity index (χ4v) is 2.10. The first kappa shape index (κ1) is 24.3. The van der Waals surface area contributed by atoms with Crippen molar-refractivity contribution in [3.63, 3.8) is 0 Å². The molecule has 2 nitrogen and oxygen atoms in total. The molecule has 0 aliphatic carbocycles. The molecule has 0 unspecified atom stereocenters. The number of nitrogens with one attached hydrogen (secondary N) is 2. The Morgan fingerprint density at radius 1 is 0.792 bits per heavy atom. The predicted molar refractivity (Wildman–Crippen MR) is 113 cm³/mol. The highest BCUT2D eigenvalue weighted by Gasteiger charge is 2.05. The summed E-state index contributed by atoms with van der Waals surface area (Å²) >= 11 is 0. The zero-order chi connectivity index (χ0) is 18.8. The summed E-state index contributed by atoms with van der Waals surface area (Å²) in [5.74, 6) is 0. The number of hydrogen-bond donors (Lipinski definition) is 2. The molecule has 136 valence electrons. The number of hydrogen-bond acceptors (Lipinski definition) is 2. The van der Waals surface area contributed by atoms with E-state index in [1.54, 1.807) is 0 Å². The Morgan fingerprint density at radius 3 is 1.83 bits per heavy atom. The van der Waals surface area contributed by atoms with Gasteiger partial charge >= 0.3 is 0 Å². The van der Waals surface area contributed by atoms with Crippen LogP contribution in [-0.2, 0) is 6.42 Å².